The molecule has 0 aliphatic carbocycles. The van der Waals surface area contributed by atoms with Gasteiger partial charge in [0.25, 0.3) is 0 Å². The third-order valence-electron chi connectivity index (χ3n) is 8.90. The molecule has 0 radical (unpaired) electrons. The van der Waals surface area contributed by atoms with Gasteiger partial charge in [-0.05, 0) is 116 Å². The lowest BCUT2D eigenvalue weighted by Crippen LogP contribution is -2.09. The van der Waals surface area contributed by atoms with Crippen LogP contribution < -0.4 is 16.4 Å². The van der Waals surface area contributed by atoms with E-state index in [9.17, 15) is 0 Å². The molecule has 8 aromatic rings. The Bertz CT molecular complexity index is 2280. The van der Waals surface area contributed by atoms with Gasteiger partial charge in [0.05, 0.1) is 0 Å². The summed E-state index contributed by atoms with van der Waals surface area (Å²) in [5.41, 5.74) is 23.8. The first-order chi connectivity index (χ1) is 23.1. The predicted octanol–water partition coefficient (Wildman–Crippen LogP) is 11.6. The summed E-state index contributed by atoms with van der Waals surface area (Å²) in [6.45, 7) is 0. The molecule has 8 aromatic carbocycles. The molecule has 0 aliphatic rings. The van der Waals surface area contributed by atoms with Gasteiger partial charge in [0.1, 0.15) is 0 Å². The lowest BCUT2D eigenvalue weighted by Gasteiger charge is -2.26. The Hall–Kier alpha value is -6.32. The van der Waals surface area contributed by atoms with Crippen LogP contribution in [0.4, 0.5) is 28.4 Å². The highest BCUT2D eigenvalue weighted by Gasteiger charge is 2.15. The van der Waals surface area contributed by atoms with E-state index in [0.29, 0.717) is 0 Å². The zero-order valence-corrected chi connectivity index (χ0v) is 25.8. The second kappa shape index (κ2) is 11.9. The average molecular weight is 604 g/mol. The Morgan fingerprint density at radius 2 is 0.723 bits per heavy atom. The molecule has 0 unspecified atom stereocenters. The number of rotatable bonds is 6. The molecular formula is C44H33N3. The van der Waals surface area contributed by atoms with Gasteiger partial charge in [-0.15, -0.1) is 0 Å². The van der Waals surface area contributed by atoms with Gasteiger partial charge in [-0.3, -0.25) is 0 Å². The van der Waals surface area contributed by atoms with Crippen molar-refractivity contribution < 1.29 is 0 Å². The van der Waals surface area contributed by atoms with Crippen molar-refractivity contribution in [2.45, 2.75) is 0 Å². The van der Waals surface area contributed by atoms with E-state index in [0.717, 1.165) is 61.8 Å². The molecule has 0 bridgehead atoms. The van der Waals surface area contributed by atoms with Gasteiger partial charge in [0.15, 0.2) is 0 Å². The van der Waals surface area contributed by atoms with E-state index >= 15 is 0 Å². The van der Waals surface area contributed by atoms with E-state index in [-0.39, 0.29) is 0 Å². The molecule has 0 atom stereocenters. The summed E-state index contributed by atoms with van der Waals surface area (Å²) in [7, 11) is 0. The fourth-order valence-corrected chi connectivity index (χ4v) is 6.44. The van der Waals surface area contributed by atoms with Crippen molar-refractivity contribution in [3.63, 3.8) is 0 Å². The van der Waals surface area contributed by atoms with Crippen LogP contribution in [0.1, 0.15) is 0 Å². The van der Waals surface area contributed by atoms with Crippen molar-refractivity contribution in [2.24, 2.45) is 0 Å². The summed E-state index contributed by atoms with van der Waals surface area (Å²) in [5, 5.41) is 4.89. The molecule has 3 heteroatoms. The number of nitrogen functional groups attached to an aromatic ring is 2. The van der Waals surface area contributed by atoms with Crippen molar-refractivity contribution in [1.82, 2.24) is 0 Å². The Kier molecular flexibility index (Phi) is 7.12. The average Bonchev–Trinajstić information content (AvgIpc) is 3.12. The van der Waals surface area contributed by atoms with Gasteiger partial charge >= 0.3 is 0 Å². The molecule has 3 nitrogen and oxygen atoms in total. The number of nitrogens with two attached hydrogens (primary N) is 2. The summed E-state index contributed by atoms with van der Waals surface area (Å²) in [6.07, 6.45) is 0. The molecule has 0 fully saturated rings. The first-order valence-corrected chi connectivity index (χ1v) is 15.8. The van der Waals surface area contributed by atoms with Crippen LogP contribution in [-0.4, -0.2) is 0 Å². The molecule has 0 saturated carbocycles. The minimum atomic E-state index is 0.737. The lowest BCUT2D eigenvalue weighted by molar-refractivity contribution is 1.29. The maximum absolute atomic E-state index is 6.24. The number of hydrogen-bond acceptors (Lipinski definition) is 3. The van der Waals surface area contributed by atoms with Crippen LogP contribution in [0.2, 0.25) is 0 Å². The van der Waals surface area contributed by atoms with Crippen LogP contribution in [-0.2, 0) is 0 Å². The highest BCUT2D eigenvalue weighted by Crippen LogP contribution is 2.39. The molecule has 0 heterocycles. The first kappa shape index (κ1) is 28.2. The topological polar surface area (TPSA) is 55.3 Å². The maximum atomic E-state index is 6.24. The SMILES string of the molecule is Nc1ccc(-c2ccc(N)cc2-c2ccc(-c3ccc(N(c4ccc5ccccc5c4)c4ccc5ccccc5c4)cc3)cc2)cc1. The fourth-order valence-electron chi connectivity index (χ4n) is 6.44. The van der Waals surface area contributed by atoms with Gasteiger partial charge in [-0.25, -0.2) is 0 Å². The van der Waals surface area contributed by atoms with Crippen molar-refractivity contribution >= 4 is 50.0 Å². The number of fused-ring (bicyclic) bond motifs is 2. The second-order valence-corrected chi connectivity index (χ2v) is 11.9. The molecule has 0 saturated heterocycles. The van der Waals surface area contributed by atoms with E-state index in [1.807, 2.05) is 24.3 Å². The summed E-state index contributed by atoms with van der Waals surface area (Å²) in [5.74, 6) is 0. The molecule has 0 spiro atoms. The quantitative estimate of drug-likeness (QED) is 0.186. The normalized spacial score (nSPS) is 11.1. The van der Waals surface area contributed by atoms with Crippen molar-refractivity contribution in [3.8, 4) is 33.4 Å². The molecule has 0 aromatic heterocycles. The van der Waals surface area contributed by atoms with E-state index in [1.165, 1.54) is 21.5 Å². The molecule has 4 N–H and O–H groups in total. The summed E-state index contributed by atoms with van der Waals surface area (Å²) in [6, 6.07) is 62.0. The fraction of sp³-hybridized carbons (Fsp3) is 0. The van der Waals surface area contributed by atoms with Crippen molar-refractivity contribution in [3.05, 3.63) is 176 Å². The van der Waals surface area contributed by atoms with E-state index in [2.05, 4.69) is 157 Å². The third-order valence-corrected chi connectivity index (χ3v) is 8.90. The van der Waals surface area contributed by atoms with E-state index in [4.69, 9.17) is 11.5 Å². The molecule has 0 aliphatic heterocycles. The number of hydrogen-bond donors (Lipinski definition) is 2. The van der Waals surface area contributed by atoms with E-state index < -0.39 is 0 Å². The van der Waals surface area contributed by atoms with E-state index in [1.54, 1.807) is 0 Å². The van der Waals surface area contributed by atoms with Gasteiger partial charge in [-0.1, -0.05) is 115 Å². The van der Waals surface area contributed by atoms with Crippen LogP contribution in [0.3, 0.4) is 0 Å². The van der Waals surface area contributed by atoms with Crippen LogP contribution >= 0.6 is 0 Å². The van der Waals surface area contributed by atoms with Gasteiger partial charge in [0.2, 0.25) is 0 Å². The van der Waals surface area contributed by atoms with Crippen molar-refractivity contribution in [2.75, 3.05) is 16.4 Å². The van der Waals surface area contributed by atoms with Gasteiger partial charge < -0.3 is 16.4 Å². The monoisotopic (exact) mass is 603 g/mol. The molecule has 0 amide bonds. The van der Waals surface area contributed by atoms with Crippen LogP contribution in [0.25, 0.3) is 54.9 Å². The smallest absolute Gasteiger partial charge is 0.0468 e. The zero-order chi connectivity index (χ0) is 31.7. The minimum absolute atomic E-state index is 0.737. The molecule has 8 rings (SSSR count). The highest BCUT2D eigenvalue weighted by molar-refractivity contribution is 5.93. The highest BCUT2D eigenvalue weighted by atomic mass is 15.1. The maximum Gasteiger partial charge on any atom is 0.0468 e. The second-order valence-electron chi connectivity index (χ2n) is 11.9. The van der Waals surface area contributed by atoms with Crippen LogP contribution in [0, 0.1) is 0 Å². The third kappa shape index (κ3) is 5.56. The number of benzene rings is 8. The van der Waals surface area contributed by atoms with Crippen LogP contribution in [0.15, 0.2) is 176 Å². The standard InChI is InChI=1S/C44H33N3/c45-38-19-13-34(14-20-38)43-26-21-39(46)29-44(43)35-11-9-32(10-12-35)33-15-22-40(23-16-33)47(41-24-17-30-5-1-3-7-36(30)27-41)42-25-18-31-6-2-4-8-37(31)28-42/h1-29H,45-46H2. The largest absolute Gasteiger partial charge is 0.399 e. The Balaban J connectivity index is 1.15. The summed E-state index contributed by atoms with van der Waals surface area (Å²) >= 11 is 0. The number of nitrogens with zero attached hydrogens (tertiary/aromatic N) is 1. The van der Waals surface area contributed by atoms with Gasteiger partial charge in [-0.2, -0.15) is 0 Å². The molecular weight excluding hydrogens is 571 g/mol. The lowest BCUT2D eigenvalue weighted by atomic mass is 9.92. The van der Waals surface area contributed by atoms with Gasteiger partial charge in [0, 0.05) is 28.4 Å². The minimum Gasteiger partial charge on any atom is -0.399 e. The Morgan fingerprint density at radius 3 is 1.30 bits per heavy atom. The Morgan fingerprint density at radius 1 is 0.298 bits per heavy atom. The van der Waals surface area contributed by atoms with Crippen LogP contribution in [0.5, 0.6) is 0 Å². The molecule has 224 valence electrons. The predicted molar refractivity (Wildman–Crippen MR) is 201 cm³/mol. The number of anilines is 5. The first-order valence-electron chi connectivity index (χ1n) is 15.8. The Labute approximate surface area is 275 Å². The van der Waals surface area contributed by atoms with Crippen molar-refractivity contribution in [1.29, 1.82) is 0 Å². The molecule has 47 heavy (non-hydrogen) atoms. The summed E-state index contributed by atoms with van der Waals surface area (Å²) in [4.78, 5) is 2.34. The summed E-state index contributed by atoms with van der Waals surface area (Å²) < 4.78 is 0. The zero-order valence-electron chi connectivity index (χ0n) is 25.8.